The van der Waals surface area contributed by atoms with Gasteiger partial charge in [-0.15, -0.1) is 0 Å². The molecule has 0 unspecified atom stereocenters. The molecule has 184 valence electrons. The maximum Gasteiger partial charge on any atom is 0.431 e. The lowest BCUT2D eigenvalue weighted by Gasteiger charge is -2.29. The van der Waals surface area contributed by atoms with Crippen LogP contribution in [0.4, 0.5) is 30.7 Å². The SMILES string of the molecule is CC.CCCOCCCCCCCCCCCCCCC(F)(C(F)(F)F)C(F)(F)F. The molecule has 0 aromatic carbocycles. The van der Waals surface area contributed by atoms with Crippen molar-refractivity contribution in [1.29, 1.82) is 0 Å². The van der Waals surface area contributed by atoms with Crippen LogP contribution in [0.5, 0.6) is 0 Å². The molecule has 0 spiro atoms. The van der Waals surface area contributed by atoms with Gasteiger partial charge >= 0.3 is 12.4 Å². The predicted molar refractivity (Wildman–Crippen MR) is 108 cm³/mol. The smallest absolute Gasteiger partial charge is 0.381 e. The van der Waals surface area contributed by atoms with Gasteiger partial charge in [-0.2, -0.15) is 26.3 Å². The van der Waals surface area contributed by atoms with E-state index in [-0.39, 0.29) is 6.42 Å². The van der Waals surface area contributed by atoms with Crippen LogP contribution in [0, 0.1) is 0 Å². The van der Waals surface area contributed by atoms with E-state index < -0.39 is 30.9 Å². The highest BCUT2D eigenvalue weighted by atomic mass is 19.4. The van der Waals surface area contributed by atoms with Crippen molar-refractivity contribution in [1.82, 2.24) is 0 Å². The van der Waals surface area contributed by atoms with E-state index in [0.29, 0.717) is 6.42 Å². The van der Waals surface area contributed by atoms with Crippen molar-refractivity contribution in [3.05, 3.63) is 0 Å². The van der Waals surface area contributed by atoms with Gasteiger partial charge in [-0.05, 0) is 25.7 Å². The normalized spacial score (nSPS) is 12.6. The largest absolute Gasteiger partial charge is 0.431 e. The molecule has 8 heteroatoms. The summed E-state index contributed by atoms with van der Waals surface area (Å²) in [6, 6.07) is 0. The lowest BCUT2D eigenvalue weighted by atomic mass is 9.96. The zero-order chi connectivity index (χ0) is 23.5. The second-order valence-corrected chi connectivity index (χ2v) is 7.40. The summed E-state index contributed by atoms with van der Waals surface area (Å²) < 4.78 is 93.2. The van der Waals surface area contributed by atoms with Crippen molar-refractivity contribution >= 4 is 0 Å². The van der Waals surface area contributed by atoms with E-state index in [4.69, 9.17) is 4.74 Å². The third-order valence-corrected chi connectivity index (χ3v) is 4.81. The molecule has 0 aromatic heterocycles. The maximum atomic E-state index is 13.4. The van der Waals surface area contributed by atoms with Crippen molar-refractivity contribution in [3.8, 4) is 0 Å². The summed E-state index contributed by atoms with van der Waals surface area (Å²) in [4.78, 5) is 0. The summed E-state index contributed by atoms with van der Waals surface area (Å²) >= 11 is 0. The van der Waals surface area contributed by atoms with Crippen LogP contribution in [-0.2, 0) is 4.74 Å². The summed E-state index contributed by atoms with van der Waals surface area (Å²) in [5.74, 6) is 0. The number of rotatable bonds is 17. The van der Waals surface area contributed by atoms with Crippen molar-refractivity contribution in [2.24, 2.45) is 0 Å². The quantitative estimate of drug-likeness (QED) is 0.157. The number of alkyl halides is 7. The van der Waals surface area contributed by atoms with Crippen molar-refractivity contribution in [2.45, 2.75) is 129 Å². The fraction of sp³-hybridized carbons (Fsp3) is 1.00. The molecule has 1 nitrogen and oxygen atoms in total. The molecular weight excluding hydrogens is 413 g/mol. The summed E-state index contributed by atoms with van der Waals surface area (Å²) in [7, 11) is 0. The Kier molecular flexibility index (Phi) is 19.1. The molecular formula is C22H41F7O. The summed E-state index contributed by atoms with van der Waals surface area (Å²) in [5.41, 5.74) is -5.10. The minimum Gasteiger partial charge on any atom is -0.381 e. The van der Waals surface area contributed by atoms with Gasteiger partial charge in [0.2, 0.25) is 0 Å². The molecule has 0 heterocycles. The Bertz CT molecular complexity index is 353. The van der Waals surface area contributed by atoms with E-state index in [1.54, 1.807) is 0 Å². The molecule has 0 amide bonds. The first kappa shape index (κ1) is 31.7. The Morgan fingerprint density at radius 1 is 0.500 bits per heavy atom. The molecule has 30 heavy (non-hydrogen) atoms. The highest BCUT2D eigenvalue weighted by molar-refractivity contribution is 4.94. The second-order valence-electron chi connectivity index (χ2n) is 7.40. The lowest BCUT2D eigenvalue weighted by Crippen LogP contribution is -2.53. The zero-order valence-electron chi connectivity index (χ0n) is 18.9. The lowest BCUT2D eigenvalue weighted by molar-refractivity contribution is -0.343. The Morgan fingerprint density at radius 2 is 0.833 bits per heavy atom. The zero-order valence-corrected chi connectivity index (χ0v) is 18.9. The Balaban J connectivity index is 0. The minimum absolute atomic E-state index is 0.179. The summed E-state index contributed by atoms with van der Waals surface area (Å²) in [5, 5.41) is 0. The third-order valence-electron chi connectivity index (χ3n) is 4.81. The van der Waals surface area contributed by atoms with E-state index in [2.05, 4.69) is 6.92 Å². The van der Waals surface area contributed by atoms with Crippen LogP contribution in [-0.4, -0.2) is 31.2 Å². The fourth-order valence-corrected chi connectivity index (χ4v) is 3.03. The molecule has 0 N–H and O–H groups in total. The highest BCUT2D eigenvalue weighted by Crippen LogP contribution is 2.49. The average Bonchev–Trinajstić information content (AvgIpc) is 2.67. The topological polar surface area (TPSA) is 9.23 Å². The summed E-state index contributed by atoms with van der Waals surface area (Å²) in [6.07, 6.45) is -2.58. The second kappa shape index (κ2) is 18.1. The van der Waals surface area contributed by atoms with Crippen molar-refractivity contribution in [2.75, 3.05) is 13.2 Å². The van der Waals surface area contributed by atoms with Crippen molar-refractivity contribution < 1.29 is 35.5 Å². The van der Waals surface area contributed by atoms with Crippen LogP contribution >= 0.6 is 0 Å². The van der Waals surface area contributed by atoms with Gasteiger partial charge in [0, 0.05) is 13.2 Å². The Morgan fingerprint density at radius 3 is 1.17 bits per heavy atom. The third kappa shape index (κ3) is 14.5. The van der Waals surface area contributed by atoms with Gasteiger partial charge in [-0.25, -0.2) is 4.39 Å². The van der Waals surface area contributed by atoms with E-state index in [1.807, 2.05) is 13.8 Å². The molecule has 0 bridgehead atoms. The molecule has 0 saturated carbocycles. The molecule has 0 aliphatic rings. The molecule has 0 rings (SSSR count). The molecule has 0 fully saturated rings. The van der Waals surface area contributed by atoms with Crippen LogP contribution in [0.2, 0.25) is 0 Å². The highest BCUT2D eigenvalue weighted by Gasteiger charge is 2.71. The molecule has 0 aliphatic heterocycles. The maximum absolute atomic E-state index is 13.4. The first-order valence-corrected chi connectivity index (χ1v) is 11.5. The minimum atomic E-state index is -5.92. The molecule has 0 radical (unpaired) electrons. The average molecular weight is 455 g/mol. The van der Waals surface area contributed by atoms with Crippen molar-refractivity contribution in [3.63, 3.8) is 0 Å². The Hall–Kier alpha value is -0.530. The summed E-state index contributed by atoms with van der Waals surface area (Å²) in [6.45, 7) is 7.72. The first-order valence-electron chi connectivity index (χ1n) is 11.5. The van der Waals surface area contributed by atoms with Crippen LogP contribution in [0.1, 0.15) is 111 Å². The molecule has 0 aliphatic carbocycles. The standard InChI is InChI=1S/C20H35F7O.C2H6/c1-2-16-28-17-14-12-10-8-6-4-3-5-7-9-11-13-15-18(21,19(22,23)24)20(25,26)27;1-2/h2-17H2,1H3;1-2H3. The van der Waals surface area contributed by atoms with Gasteiger partial charge in [0.05, 0.1) is 0 Å². The number of hydrogen-bond acceptors (Lipinski definition) is 1. The van der Waals surface area contributed by atoms with Gasteiger partial charge < -0.3 is 4.74 Å². The van der Waals surface area contributed by atoms with Gasteiger partial charge in [-0.3, -0.25) is 0 Å². The van der Waals surface area contributed by atoms with E-state index >= 15 is 0 Å². The predicted octanol–water partition coefficient (Wildman–Crippen LogP) is 9.34. The van der Waals surface area contributed by atoms with Crippen LogP contribution < -0.4 is 0 Å². The monoisotopic (exact) mass is 454 g/mol. The number of unbranched alkanes of at least 4 members (excludes halogenated alkanes) is 11. The molecule has 0 atom stereocenters. The van der Waals surface area contributed by atoms with Crippen LogP contribution in [0.3, 0.4) is 0 Å². The van der Waals surface area contributed by atoms with Gasteiger partial charge in [0.1, 0.15) is 0 Å². The number of halogens is 7. The van der Waals surface area contributed by atoms with E-state index in [0.717, 1.165) is 64.6 Å². The first-order chi connectivity index (χ1) is 14.1. The van der Waals surface area contributed by atoms with Crippen LogP contribution in [0.15, 0.2) is 0 Å². The molecule has 0 aromatic rings. The fourth-order valence-electron chi connectivity index (χ4n) is 3.03. The van der Waals surface area contributed by atoms with Gasteiger partial charge in [0.15, 0.2) is 0 Å². The van der Waals surface area contributed by atoms with Gasteiger partial charge in [-0.1, -0.05) is 85.0 Å². The molecule has 0 saturated heterocycles. The van der Waals surface area contributed by atoms with E-state index in [9.17, 15) is 30.7 Å². The number of hydrogen-bond donors (Lipinski definition) is 0. The Labute approximate surface area is 178 Å². The number of ether oxygens (including phenoxy) is 1. The van der Waals surface area contributed by atoms with E-state index in [1.165, 1.54) is 12.8 Å². The van der Waals surface area contributed by atoms with Crippen LogP contribution in [0.25, 0.3) is 0 Å². The van der Waals surface area contributed by atoms with Gasteiger partial charge in [0.25, 0.3) is 5.67 Å².